The number of imide groups is 2. The zero-order valence-electron chi connectivity index (χ0n) is 16.2. The molecule has 150 valence electrons. The fourth-order valence-corrected chi connectivity index (χ4v) is 3.63. The Morgan fingerprint density at radius 3 is 2.53 bits per heavy atom. The van der Waals surface area contributed by atoms with Crippen molar-refractivity contribution in [1.82, 2.24) is 5.32 Å². The Kier molecular flexibility index (Phi) is 5.01. The Labute approximate surface area is 177 Å². The molecule has 1 aliphatic heterocycles. The van der Waals surface area contributed by atoms with Gasteiger partial charge in [-0.25, -0.2) is 9.69 Å². The molecule has 4 amide bonds. The first-order chi connectivity index (χ1) is 14.4. The molecule has 0 bridgehead atoms. The van der Waals surface area contributed by atoms with Crippen molar-refractivity contribution in [1.29, 1.82) is 0 Å². The van der Waals surface area contributed by atoms with Gasteiger partial charge in [-0.05, 0) is 47.5 Å². The number of anilines is 1. The molecule has 1 N–H and O–H groups in total. The van der Waals surface area contributed by atoms with Crippen molar-refractivity contribution in [2.75, 3.05) is 12.0 Å². The molecule has 4 rings (SSSR count). The van der Waals surface area contributed by atoms with Gasteiger partial charge < -0.3 is 4.74 Å². The molecule has 3 aromatic rings. The molecule has 1 heterocycles. The Balaban J connectivity index is 1.89. The molecule has 6 nitrogen and oxygen atoms in total. The lowest BCUT2D eigenvalue weighted by atomic mass is 9.99. The van der Waals surface area contributed by atoms with Gasteiger partial charge in [0, 0.05) is 10.6 Å². The van der Waals surface area contributed by atoms with E-state index in [0.717, 1.165) is 15.7 Å². The molecule has 0 radical (unpaired) electrons. The number of methoxy groups -OCH3 is 1. The van der Waals surface area contributed by atoms with Crippen LogP contribution >= 0.6 is 11.6 Å². The number of nitrogens with one attached hydrogen (secondary N) is 1. The topological polar surface area (TPSA) is 75.7 Å². The SMILES string of the molecule is COc1ccc2ccccc2c1/C=C1\C(=O)NC(=O)N(c2cccc(Cl)c2C)C1=O. The second kappa shape index (κ2) is 7.65. The molecular formula is C23H17ClN2O4. The van der Waals surface area contributed by atoms with E-state index in [2.05, 4.69) is 5.32 Å². The van der Waals surface area contributed by atoms with Gasteiger partial charge in [-0.15, -0.1) is 0 Å². The first-order valence-corrected chi connectivity index (χ1v) is 9.52. The van der Waals surface area contributed by atoms with E-state index in [0.29, 0.717) is 27.6 Å². The number of fused-ring (bicyclic) bond motifs is 1. The predicted molar refractivity (Wildman–Crippen MR) is 116 cm³/mol. The van der Waals surface area contributed by atoms with Crippen LogP contribution in [-0.4, -0.2) is 25.0 Å². The zero-order valence-corrected chi connectivity index (χ0v) is 17.0. The van der Waals surface area contributed by atoms with E-state index in [-0.39, 0.29) is 5.57 Å². The number of rotatable bonds is 3. The normalized spacial score (nSPS) is 15.6. The Morgan fingerprint density at radius 2 is 1.77 bits per heavy atom. The largest absolute Gasteiger partial charge is 0.496 e. The molecule has 1 saturated heterocycles. The lowest BCUT2D eigenvalue weighted by Gasteiger charge is -2.28. The molecular weight excluding hydrogens is 404 g/mol. The van der Waals surface area contributed by atoms with Gasteiger partial charge in [0.25, 0.3) is 11.8 Å². The van der Waals surface area contributed by atoms with Crippen LogP contribution in [0.4, 0.5) is 10.5 Å². The van der Waals surface area contributed by atoms with Gasteiger partial charge >= 0.3 is 6.03 Å². The lowest BCUT2D eigenvalue weighted by molar-refractivity contribution is -0.122. The summed E-state index contributed by atoms with van der Waals surface area (Å²) in [6, 6.07) is 15.3. The molecule has 0 aromatic heterocycles. The summed E-state index contributed by atoms with van der Waals surface area (Å²) < 4.78 is 5.45. The second-order valence-corrected chi connectivity index (χ2v) is 7.15. The second-order valence-electron chi connectivity index (χ2n) is 6.74. The number of amides is 4. The predicted octanol–water partition coefficient (Wildman–Crippen LogP) is 4.48. The van der Waals surface area contributed by atoms with Crippen LogP contribution in [-0.2, 0) is 9.59 Å². The molecule has 0 saturated carbocycles. The van der Waals surface area contributed by atoms with Crippen molar-refractivity contribution >= 4 is 52.0 Å². The van der Waals surface area contributed by atoms with Crippen molar-refractivity contribution in [2.24, 2.45) is 0 Å². The van der Waals surface area contributed by atoms with E-state index >= 15 is 0 Å². The summed E-state index contributed by atoms with van der Waals surface area (Å²) in [5.74, 6) is -0.996. The van der Waals surface area contributed by atoms with Crippen LogP contribution in [0.1, 0.15) is 11.1 Å². The first-order valence-electron chi connectivity index (χ1n) is 9.14. The number of carbonyl (C=O) groups excluding carboxylic acids is 3. The standard InChI is InChI=1S/C23H17ClN2O4/c1-13-18(24)8-5-9-19(13)26-22(28)17(21(27)25-23(26)29)12-16-15-7-4-3-6-14(15)10-11-20(16)30-2/h3-12H,1-2H3,(H,25,27,29)/b17-12+. The molecule has 1 fully saturated rings. The fraction of sp³-hybridized carbons (Fsp3) is 0.0870. The van der Waals surface area contributed by atoms with Crippen molar-refractivity contribution in [3.8, 4) is 5.75 Å². The highest BCUT2D eigenvalue weighted by Crippen LogP contribution is 2.33. The fourth-order valence-electron chi connectivity index (χ4n) is 3.46. The van der Waals surface area contributed by atoms with Crippen LogP contribution in [0.15, 0.2) is 60.2 Å². The maximum Gasteiger partial charge on any atom is 0.335 e. The summed E-state index contributed by atoms with van der Waals surface area (Å²) in [4.78, 5) is 39.2. The van der Waals surface area contributed by atoms with Crippen LogP contribution in [0.25, 0.3) is 16.8 Å². The molecule has 1 aliphatic rings. The highest BCUT2D eigenvalue weighted by molar-refractivity contribution is 6.40. The molecule has 7 heteroatoms. The van der Waals surface area contributed by atoms with Gasteiger partial charge in [-0.1, -0.05) is 48.0 Å². The van der Waals surface area contributed by atoms with Crippen LogP contribution in [0.3, 0.4) is 0 Å². The number of hydrogen-bond acceptors (Lipinski definition) is 4. The number of hydrogen-bond donors (Lipinski definition) is 1. The van der Waals surface area contributed by atoms with Crippen molar-refractivity contribution in [2.45, 2.75) is 6.92 Å². The third kappa shape index (κ3) is 3.21. The molecule has 30 heavy (non-hydrogen) atoms. The minimum absolute atomic E-state index is 0.177. The minimum Gasteiger partial charge on any atom is -0.496 e. The van der Waals surface area contributed by atoms with Gasteiger partial charge in [0.05, 0.1) is 12.8 Å². The quantitative estimate of drug-likeness (QED) is 0.500. The van der Waals surface area contributed by atoms with E-state index < -0.39 is 17.8 Å². The van der Waals surface area contributed by atoms with E-state index in [1.807, 2.05) is 30.3 Å². The molecule has 0 spiro atoms. The number of nitrogens with zero attached hydrogens (tertiary/aromatic N) is 1. The van der Waals surface area contributed by atoms with Crippen LogP contribution in [0.2, 0.25) is 5.02 Å². The summed E-state index contributed by atoms with van der Waals surface area (Å²) in [5.41, 5.74) is 1.27. The van der Waals surface area contributed by atoms with E-state index in [1.165, 1.54) is 13.2 Å². The number of halogens is 1. The maximum atomic E-state index is 13.2. The van der Waals surface area contributed by atoms with Gasteiger partial charge in [0.2, 0.25) is 0 Å². The molecule has 0 unspecified atom stereocenters. The zero-order chi connectivity index (χ0) is 21.4. The van der Waals surface area contributed by atoms with Gasteiger partial charge in [0.15, 0.2) is 0 Å². The maximum absolute atomic E-state index is 13.2. The summed E-state index contributed by atoms with van der Waals surface area (Å²) in [6.07, 6.45) is 1.46. The van der Waals surface area contributed by atoms with Crippen LogP contribution in [0, 0.1) is 6.92 Å². The number of ether oxygens (including phenoxy) is 1. The smallest absolute Gasteiger partial charge is 0.335 e. The van der Waals surface area contributed by atoms with E-state index in [4.69, 9.17) is 16.3 Å². The lowest BCUT2D eigenvalue weighted by Crippen LogP contribution is -2.54. The summed E-state index contributed by atoms with van der Waals surface area (Å²) in [6.45, 7) is 1.70. The highest BCUT2D eigenvalue weighted by Gasteiger charge is 2.37. The molecule has 0 aliphatic carbocycles. The van der Waals surface area contributed by atoms with Crippen LogP contribution < -0.4 is 15.0 Å². The average Bonchev–Trinajstić information content (AvgIpc) is 2.73. The summed E-state index contributed by atoms with van der Waals surface area (Å²) >= 11 is 6.16. The average molecular weight is 421 g/mol. The monoisotopic (exact) mass is 420 g/mol. The van der Waals surface area contributed by atoms with E-state index in [9.17, 15) is 14.4 Å². The van der Waals surface area contributed by atoms with E-state index in [1.54, 1.807) is 31.2 Å². The highest BCUT2D eigenvalue weighted by atomic mass is 35.5. The van der Waals surface area contributed by atoms with Crippen LogP contribution in [0.5, 0.6) is 5.75 Å². The van der Waals surface area contributed by atoms with Gasteiger partial charge in [0.1, 0.15) is 11.3 Å². The first kappa shape index (κ1) is 19.7. The number of urea groups is 1. The van der Waals surface area contributed by atoms with Crippen molar-refractivity contribution < 1.29 is 19.1 Å². The summed E-state index contributed by atoms with van der Waals surface area (Å²) in [5, 5.41) is 4.38. The Hall–Kier alpha value is -3.64. The number of barbiturate groups is 1. The Bertz CT molecular complexity index is 1250. The molecule has 3 aromatic carbocycles. The van der Waals surface area contributed by atoms with Gasteiger partial charge in [-0.2, -0.15) is 0 Å². The molecule has 0 atom stereocenters. The third-order valence-electron chi connectivity index (χ3n) is 5.02. The summed E-state index contributed by atoms with van der Waals surface area (Å²) in [7, 11) is 1.51. The van der Waals surface area contributed by atoms with Crippen molar-refractivity contribution in [3.63, 3.8) is 0 Å². The minimum atomic E-state index is -0.822. The van der Waals surface area contributed by atoms with Crippen molar-refractivity contribution in [3.05, 3.63) is 76.3 Å². The number of carbonyl (C=O) groups is 3. The number of benzene rings is 3. The Morgan fingerprint density at radius 1 is 1.00 bits per heavy atom. The third-order valence-corrected chi connectivity index (χ3v) is 5.43. The van der Waals surface area contributed by atoms with Gasteiger partial charge in [-0.3, -0.25) is 14.9 Å².